The second-order valence-electron chi connectivity index (χ2n) is 4.15. The van der Waals surface area contributed by atoms with Crippen molar-refractivity contribution in [3.05, 3.63) is 48.0 Å². The van der Waals surface area contributed by atoms with E-state index in [1.165, 1.54) is 5.56 Å². The molecular weight excluding hydrogens is 226 g/mol. The van der Waals surface area contributed by atoms with Crippen molar-refractivity contribution >= 4 is 5.91 Å². The molecule has 1 rings (SSSR count). The monoisotopic (exact) mass is 247 g/mol. The van der Waals surface area contributed by atoms with Crippen molar-refractivity contribution in [3.63, 3.8) is 0 Å². The van der Waals surface area contributed by atoms with E-state index in [1.807, 2.05) is 30.4 Å². The third kappa shape index (κ3) is 6.86. The molecule has 1 amide bonds. The van der Waals surface area contributed by atoms with E-state index in [0.29, 0.717) is 13.0 Å². The summed E-state index contributed by atoms with van der Waals surface area (Å²) >= 11 is 0. The van der Waals surface area contributed by atoms with Crippen LogP contribution >= 0.6 is 0 Å². The zero-order chi connectivity index (χ0) is 13.1. The highest BCUT2D eigenvalue weighted by Crippen LogP contribution is 2.00. The molecular formula is C15H21NO2. The first kappa shape index (κ1) is 14.5. The minimum Gasteiger partial charge on any atom is -0.396 e. The first-order valence-electron chi connectivity index (χ1n) is 6.39. The summed E-state index contributed by atoms with van der Waals surface area (Å²) in [5.74, 6) is 0.0391. The fraction of sp³-hybridized carbons (Fsp3) is 0.400. The zero-order valence-corrected chi connectivity index (χ0v) is 10.6. The Balaban J connectivity index is 2.10. The summed E-state index contributed by atoms with van der Waals surface area (Å²) in [4.78, 5) is 11.4. The number of carbonyl (C=O) groups excluding carboxylic acids is 1. The van der Waals surface area contributed by atoms with E-state index in [4.69, 9.17) is 5.11 Å². The molecule has 0 fully saturated rings. The molecule has 3 heteroatoms. The van der Waals surface area contributed by atoms with E-state index in [9.17, 15) is 4.79 Å². The van der Waals surface area contributed by atoms with E-state index < -0.39 is 0 Å². The van der Waals surface area contributed by atoms with Gasteiger partial charge in [0, 0.05) is 19.6 Å². The maximum absolute atomic E-state index is 11.4. The van der Waals surface area contributed by atoms with Crippen molar-refractivity contribution in [1.82, 2.24) is 5.32 Å². The van der Waals surface area contributed by atoms with Crippen molar-refractivity contribution in [2.75, 3.05) is 13.2 Å². The molecule has 0 bridgehead atoms. The van der Waals surface area contributed by atoms with Crippen molar-refractivity contribution in [1.29, 1.82) is 0 Å². The van der Waals surface area contributed by atoms with Crippen LogP contribution < -0.4 is 5.32 Å². The Morgan fingerprint density at radius 2 is 1.94 bits per heavy atom. The second kappa shape index (κ2) is 9.42. The summed E-state index contributed by atoms with van der Waals surface area (Å²) < 4.78 is 0. The molecule has 2 N–H and O–H groups in total. The Bertz CT molecular complexity index is 360. The van der Waals surface area contributed by atoms with Crippen molar-refractivity contribution in [3.8, 4) is 0 Å². The molecule has 0 spiro atoms. The molecule has 0 aliphatic heterocycles. The standard InChI is InChI=1S/C15H21NO2/c17-13-7-6-12-16-15(18)11-5-4-10-14-8-2-1-3-9-14/h1-5,8-9,17H,6-7,10-13H2,(H,16,18). The molecule has 0 aliphatic rings. The Labute approximate surface area is 109 Å². The van der Waals surface area contributed by atoms with Gasteiger partial charge < -0.3 is 10.4 Å². The number of carbonyl (C=O) groups is 1. The Hall–Kier alpha value is -1.61. The van der Waals surface area contributed by atoms with Gasteiger partial charge in [-0.1, -0.05) is 42.5 Å². The molecule has 1 aromatic carbocycles. The van der Waals surface area contributed by atoms with Gasteiger partial charge in [0.15, 0.2) is 0 Å². The smallest absolute Gasteiger partial charge is 0.223 e. The lowest BCUT2D eigenvalue weighted by Gasteiger charge is -2.01. The average Bonchev–Trinajstić information content (AvgIpc) is 2.41. The number of allylic oxidation sites excluding steroid dienone is 1. The predicted octanol–water partition coefficient (Wildman–Crippen LogP) is 2.06. The second-order valence-corrected chi connectivity index (χ2v) is 4.15. The summed E-state index contributed by atoms with van der Waals surface area (Å²) in [5, 5.41) is 11.4. The van der Waals surface area contributed by atoms with Crippen LogP contribution in [-0.4, -0.2) is 24.2 Å². The number of aliphatic hydroxyl groups excluding tert-OH is 1. The van der Waals surface area contributed by atoms with Crippen molar-refractivity contribution < 1.29 is 9.90 Å². The first-order chi connectivity index (χ1) is 8.83. The minimum atomic E-state index is 0.0391. The molecule has 3 nitrogen and oxygen atoms in total. The Morgan fingerprint density at radius 1 is 1.17 bits per heavy atom. The third-order valence-electron chi connectivity index (χ3n) is 2.57. The maximum atomic E-state index is 11.4. The number of unbranched alkanes of at least 4 members (excludes halogenated alkanes) is 1. The highest BCUT2D eigenvalue weighted by molar-refractivity contribution is 5.77. The van der Waals surface area contributed by atoms with E-state index in [0.717, 1.165) is 19.3 Å². The van der Waals surface area contributed by atoms with Gasteiger partial charge in [-0.05, 0) is 24.8 Å². The zero-order valence-electron chi connectivity index (χ0n) is 10.6. The number of amides is 1. The van der Waals surface area contributed by atoms with Crippen LogP contribution in [0.2, 0.25) is 0 Å². The lowest BCUT2D eigenvalue weighted by molar-refractivity contribution is -0.120. The number of aliphatic hydroxyl groups is 1. The van der Waals surface area contributed by atoms with Gasteiger partial charge in [-0.2, -0.15) is 0 Å². The normalized spacial score (nSPS) is 10.7. The summed E-state index contributed by atoms with van der Waals surface area (Å²) in [6, 6.07) is 10.2. The van der Waals surface area contributed by atoms with Crippen LogP contribution in [-0.2, 0) is 11.2 Å². The van der Waals surface area contributed by atoms with E-state index in [2.05, 4.69) is 17.4 Å². The number of benzene rings is 1. The summed E-state index contributed by atoms with van der Waals surface area (Å²) in [7, 11) is 0. The number of hydrogen-bond donors (Lipinski definition) is 2. The Kier molecular flexibility index (Phi) is 7.57. The first-order valence-corrected chi connectivity index (χ1v) is 6.39. The van der Waals surface area contributed by atoms with Crippen LogP contribution in [0.25, 0.3) is 0 Å². The molecule has 0 radical (unpaired) electrons. The molecule has 0 saturated heterocycles. The molecule has 1 aromatic rings. The van der Waals surface area contributed by atoms with Gasteiger partial charge in [0.05, 0.1) is 0 Å². The number of nitrogens with one attached hydrogen (secondary N) is 1. The van der Waals surface area contributed by atoms with Gasteiger partial charge in [0.1, 0.15) is 0 Å². The quantitative estimate of drug-likeness (QED) is 0.546. The minimum absolute atomic E-state index is 0.0391. The fourth-order valence-electron chi connectivity index (χ4n) is 1.56. The highest BCUT2D eigenvalue weighted by atomic mass is 16.2. The van der Waals surface area contributed by atoms with E-state index in [-0.39, 0.29) is 12.5 Å². The van der Waals surface area contributed by atoms with Crippen LogP contribution in [0.5, 0.6) is 0 Å². The highest BCUT2D eigenvalue weighted by Gasteiger charge is 1.96. The molecule has 0 atom stereocenters. The molecule has 18 heavy (non-hydrogen) atoms. The van der Waals surface area contributed by atoms with Crippen LogP contribution in [0.1, 0.15) is 24.8 Å². The average molecular weight is 247 g/mol. The molecule has 0 heterocycles. The van der Waals surface area contributed by atoms with Crippen LogP contribution in [0, 0.1) is 0 Å². The van der Waals surface area contributed by atoms with E-state index in [1.54, 1.807) is 0 Å². The molecule has 0 unspecified atom stereocenters. The maximum Gasteiger partial charge on any atom is 0.223 e. The lowest BCUT2D eigenvalue weighted by Crippen LogP contribution is -2.23. The molecule has 0 aliphatic carbocycles. The predicted molar refractivity (Wildman–Crippen MR) is 73.2 cm³/mol. The van der Waals surface area contributed by atoms with Crippen LogP contribution in [0.3, 0.4) is 0 Å². The fourth-order valence-corrected chi connectivity index (χ4v) is 1.56. The van der Waals surface area contributed by atoms with Gasteiger partial charge in [-0.15, -0.1) is 0 Å². The molecule has 0 saturated carbocycles. The van der Waals surface area contributed by atoms with Crippen LogP contribution in [0.15, 0.2) is 42.5 Å². The van der Waals surface area contributed by atoms with Gasteiger partial charge >= 0.3 is 0 Å². The molecule has 98 valence electrons. The van der Waals surface area contributed by atoms with Gasteiger partial charge in [0.2, 0.25) is 5.91 Å². The van der Waals surface area contributed by atoms with Crippen LogP contribution in [0.4, 0.5) is 0 Å². The van der Waals surface area contributed by atoms with Gasteiger partial charge in [-0.3, -0.25) is 4.79 Å². The molecule has 0 aromatic heterocycles. The lowest BCUT2D eigenvalue weighted by atomic mass is 10.1. The van der Waals surface area contributed by atoms with E-state index >= 15 is 0 Å². The SMILES string of the molecule is O=C(CC=CCc1ccccc1)NCCCCO. The largest absolute Gasteiger partial charge is 0.396 e. The van der Waals surface area contributed by atoms with Crippen molar-refractivity contribution in [2.45, 2.75) is 25.7 Å². The van der Waals surface area contributed by atoms with Crippen molar-refractivity contribution in [2.24, 2.45) is 0 Å². The summed E-state index contributed by atoms with van der Waals surface area (Å²) in [5.41, 5.74) is 1.25. The van der Waals surface area contributed by atoms with Gasteiger partial charge in [-0.25, -0.2) is 0 Å². The van der Waals surface area contributed by atoms with Gasteiger partial charge in [0.25, 0.3) is 0 Å². The third-order valence-corrected chi connectivity index (χ3v) is 2.57. The summed E-state index contributed by atoms with van der Waals surface area (Å²) in [6.45, 7) is 0.832. The Morgan fingerprint density at radius 3 is 2.67 bits per heavy atom. The number of hydrogen-bond acceptors (Lipinski definition) is 2. The topological polar surface area (TPSA) is 49.3 Å². The summed E-state index contributed by atoms with van der Waals surface area (Å²) in [6.07, 6.45) is 6.77. The number of rotatable bonds is 8.